The normalized spacial score (nSPS) is 23.5. The number of carboxylic acid groups (broad SMARTS) is 1. The molecule has 8 heteroatoms. The molecular weight excluding hydrogens is 400 g/mol. The van der Waals surface area contributed by atoms with E-state index in [0.29, 0.717) is 5.92 Å². The van der Waals surface area contributed by atoms with Crippen molar-refractivity contribution in [1.29, 1.82) is 0 Å². The van der Waals surface area contributed by atoms with Crippen molar-refractivity contribution in [2.45, 2.75) is 31.8 Å². The Hall–Kier alpha value is -2.06. The lowest BCUT2D eigenvalue weighted by Gasteiger charge is -2.31. The van der Waals surface area contributed by atoms with Crippen LogP contribution >= 0.6 is 11.8 Å². The summed E-state index contributed by atoms with van der Waals surface area (Å²) in [7, 11) is 0. The quantitative estimate of drug-likeness (QED) is 0.671. The fraction of sp³-hybridized carbons (Fsp3) is 0.591. The number of benzene rings is 1. The zero-order valence-corrected chi connectivity index (χ0v) is 18.1. The van der Waals surface area contributed by atoms with Gasteiger partial charge in [0, 0.05) is 31.0 Å². The standard InChI is InChI=1S/C22H30N4O3S/c27-22(28)16-25-7-5-17(6-8-25)13-20-14-21(24-29-20)19-3-1-18(2-4-19)15-23-26-9-11-30-12-10-26/h1-4,15,17,20H,5-14,16H2,(H,27,28). The Morgan fingerprint density at radius 3 is 2.63 bits per heavy atom. The van der Waals surface area contributed by atoms with Crippen molar-refractivity contribution in [3.63, 3.8) is 0 Å². The number of rotatable bonds is 7. The molecular formula is C22H30N4O3S. The van der Waals surface area contributed by atoms with Gasteiger partial charge in [0.05, 0.1) is 18.5 Å². The molecule has 30 heavy (non-hydrogen) atoms. The number of aliphatic carboxylic acids is 1. The van der Waals surface area contributed by atoms with E-state index in [1.54, 1.807) is 0 Å². The van der Waals surface area contributed by atoms with Gasteiger partial charge in [0.2, 0.25) is 0 Å². The highest BCUT2D eigenvalue weighted by Gasteiger charge is 2.28. The first-order valence-corrected chi connectivity index (χ1v) is 11.9. The molecule has 1 atom stereocenters. The fourth-order valence-electron chi connectivity index (χ4n) is 4.25. The molecule has 3 aliphatic rings. The Morgan fingerprint density at radius 1 is 1.20 bits per heavy atom. The lowest BCUT2D eigenvalue weighted by atomic mass is 9.89. The number of thioether (sulfide) groups is 1. The molecule has 0 amide bonds. The van der Waals surface area contributed by atoms with E-state index in [9.17, 15) is 4.79 Å². The van der Waals surface area contributed by atoms with Crippen LogP contribution in [0.15, 0.2) is 34.5 Å². The monoisotopic (exact) mass is 430 g/mol. The van der Waals surface area contributed by atoms with E-state index in [2.05, 4.69) is 39.5 Å². The van der Waals surface area contributed by atoms with Crippen LogP contribution in [0, 0.1) is 5.92 Å². The third-order valence-corrected chi connectivity index (χ3v) is 6.94. The maximum atomic E-state index is 10.8. The van der Waals surface area contributed by atoms with Crippen LogP contribution in [0.4, 0.5) is 0 Å². The minimum Gasteiger partial charge on any atom is -0.480 e. The van der Waals surface area contributed by atoms with Crippen LogP contribution in [0.1, 0.15) is 36.8 Å². The van der Waals surface area contributed by atoms with Gasteiger partial charge in [-0.2, -0.15) is 16.9 Å². The molecule has 1 unspecified atom stereocenters. The molecule has 1 aromatic rings. The molecule has 3 heterocycles. The topological polar surface area (TPSA) is 77.7 Å². The van der Waals surface area contributed by atoms with Crippen LogP contribution in [0.3, 0.4) is 0 Å². The maximum absolute atomic E-state index is 10.8. The average Bonchev–Trinajstić information content (AvgIpc) is 3.23. The summed E-state index contributed by atoms with van der Waals surface area (Å²) in [5.41, 5.74) is 3.22. The van der Waals surface area contributed by atoms with E-state index in [1.807, 2.05) is 22.9 Å². The van der Waals surface area contributed by atoms with Gasteiger partial charge in [0.25, 0.3) is 0 Å². The van der Waals surface area contributed by atoms with Gasteiger partial charge >= 0.3 is 5.97 Å². The second-order valence-corrected chi connectivity index (χ2v) is 9.48. The number of hydrazone groups is 1. The molecule has 0 aromatic heterocycles. The first-order valence-electron chi connectivity index (χ1n) is 10.8. The minimum absolute atomic E-state index is 0.134. The van der Waals surface area contributed by atoms with Crippen molar-refractivity contribution < 1.29 is 14.7 Å². The third-order valence-electron chi connectivity index (χ3n) is 6.00. The Bertz CT molecular complexity index is 769. The molecule has 1 N–H and O–H groups in total. The van der Waals surface area contributed by atoms with Crippen LogP contribution in [-0.2, 0) is 9.63 Å². The number of hydrogen-bond acceptors (Lipinski definition) is 7. The maximum Gasteiger partial charge on any atom is 0.317 e. The van der Waals surface area contributed by atoms with Crippen molar-refractivity contribution in [3.8, 4) is 0 Å². The summed E-state index contributed by atoms with van der Waals surface area (Å²) in [6, 6.07) is 8.38. The summed E-state index contributed by atoms with van der Waals surface area (Å²) < 4.78 is 0. The number of nitrogens with zero attached hydrogens (tertiary/aromatic N) is 4. The molecule has 0 bridgehead atoms. The molecule has 1 aromatic carbocycles. The molecule has 2 fully saturated rings. The van der Waals surface area contributed by atoms with Crippen molar-refractivity contribution in [1.82, 2.24) is 9.91 Å². The van der Waals surface area contributed by atoms with Crippen molar-refractivity contribution in [2.24, 2.45) is 16.2 Å². The van der Waals surface area contributed by atoms with E-state index in [0.717, 1.165) is 80.2 Å². The molecule has 0 saturated carbocycles. The number of oxime groups is 1. The Kier molecular flexibility index (Phi) is 7.28. The number of carboxylic acids is 1. The van der Waals surface area contributed by atoms with Crippen LogP contribution in [-0.4, -0.2) is 83.2 Å². The van der Waals surface area contributed by atoms with Gasteiger partial charge in [-0.1, -0.05) is 29.4 Å². The van der Waals surface area contributed by atoms with Gasteiger partial charge in [-0.3, -0.25) is 14.7 Å². The van der Waals surface area contributed by atoms with Crippen LogP contribution in [0.25, 0.3) is 0 Å². The van der Waals surface area contributed by atoms with Crippen molar-refractivity contribution in [3.05, 3.63) is 35.4 Å². The zero-order valence-electron chi connectivity index (χ0n) is 17.3. The van der Waals surface area contributed by atoms with E-state index in [4.69, 9.17) is 9.94 Å². The highest BCUT2D eigenvalue weighted by molar-refractivity contribution is 7.99. The average molecular weight is 431 g/mol. The highest BCUT2D eigenvalue weighted by Crippen LogP contribution is 2.28. The number of carbonyl (C=O) groups is 1. The van der Waals surface area contributed by atoms with Crippen LogP contribution < -0.4 is 0 Å². The lowest BCUT2D eigenvalue weighted by molar-refractivity contribution is -0.138. The zero-order chi connectivity index (χ0) is 20.8. The molecule has 162 valence electrons. The molecule has 4 rings (SSSR count). The molecule has 2 saturated heterocycles. The SMILES string of the molecule is O=C(O)CN1CCC(CC2CC(c3ccc(C=NN4CCSCC4)cc3)=NO2)CC1. The molecule has 0 aliphatic carbocycles. The first-order chi connectivity index (χ1) is 14.7. The number of hydrogen-bond donors (Lipinski definition) is 1. The predicted octanol–water partition coefficient (Wildman–Crippen LogP) is 2.75. The summed E-state index contributed by atoms with van der Waals surface area (Å²) in [6.07, 6.45) is 5.97. The highest BCUT2D eigenvalue weighted by atomic mass is 32.2. The van der Waals surface area contributed by atoms with Gasteiger partial charge in [0.15, 0.2) is 0 Å². The van der Waals surface area contributed by atoms with Crippen LogP contribution in [0.2, 0.25) is 0 Å². The van der Waals surface area contributed by atoms with E-state index in [1.165, 1.54) is 0 Å². The number of piperidine rings is 1. The lowest BCUT2D eigenvalue weighted by Crippen LogP contribution is -2.38. The van der Waals surface area contributed by atoms with Gasteiger partial charge < -0.3 is 9.94 Å². The molecule has 0 radical (unpaired) electrons. The van der Waals surface area contributed by atoms with E-state index < -0.39 is 5.97 Å². The second-order valence-electron chi connectivity index (χ2n) is 8.25. The summed E-state index contributed by atoms with van der Waals surface area (Å²) in [6.45, 7) is 3.91. The van der Waals surface area contributed by atoms with Crippen molar-refractivity contribution in [2.75, 3.05) is 44.2 Å². The fourth-order valence-corrected chi connectivity index (χ4v) is 5.13. The second kappa shape index (κ2) is 10.3. The van der Waals surface area contributed by atoms with Gasteiger partial charge in [-0.25, -0.2) is 0 Å². The summed E-state index contributed by atoms with van der Waals surface area (Å²) in [5, 5.41) is 20.0. The van der Waals surface area contributed by atoms with Gasteiger partial charge in [0.1, 0.15) is 6.10 Å². The summed E-state index contributed by atoms with van der Waals surface area (Å²) in [4.78, 5) is 18.6. The molecule has 7 nitrogen and oxygen atoms in total. The van der Waals surface area contributed by atoms with E-state index >= 15 is 0 Å². The molecule has 3 aliphatic heterocycles. The summed E-state index contributed by atoms with van der Waals surface area (Å²) >= 11 is 1.99. The largest absolute Gasteiger partial charge is 0.480 e. The van der Waals surface area contributed by atoms with Gasteiger partial charge in [-0.05, 0) is 49.4 Å². The van der Waals surface area contributed by atoms with E-state index in [-0.39, 0.29) is 12.6 Å². The Labute approximate surface area is 182 Å². The minimum atomic E-state index is -0.742. The van der Waals surface area contributed by atoms with Crippen LogP contribution in [0.5, 0.6) is 0 Å². The van der Waals surface area contributed by atoms with Gasteiger partial charge in [-0.15, -0.1) is 0 Å². The van der Waals surface area contributed by atoms with Crippen molar-refractivity contribution >= 4 is 29.7 Å². The third kappa shape index (κ3) is 5.98. The Morgan fingerprint density at radius 2 is 1.93 bits per heavy atom. The number of likely N-dealkylation sites (tertiary alicyclic amines) is 1. The Balaban J connectivity index is 1.22. The smallest absolute Gasteiger partial charge is 0.317 e. The summed E-state index contributed by atoms with van der Waals surface area (Å²) in [5.74, 6) is 2.15. The first kappa shape index (κ1) is 21.2. The molecule has 0 spiro atoms. The predicted molar refractivity (Wildman–Crippen MR) is 120 cm³/mol.